The van der Waals surface area contributed by atoms with Crippen molar-refractivity contribution in [2.45, 2.75) is 59.5 Å². The summed E-state index contributed by atoms with van der Waals surface area (Å²) in [5.41, 5.74) is 3.59. The molecule has 4 heteroatoms. The van der Waals surface area contributed by atoms with Crippen LogP contribution in [0.5, 0.6) is 0 Å². The second kappa shape index (κ2) is 11.9. The fourth-order valence-corrected chi connectivity index (χ4v) is 3.57. The standard InChI is InChI=1S/C17H18N2.C6H13N.C3H9N/c1-4-19-13(3)12(2)18-17(19)16-11-7-9-14-8-5-6-10-15(14)16;1-7(2)6-4-3-5-6;1-3-4-2/h5-11H,4H2,1-3H3;6H,3-5H2,1-2H3;4H,3H2,1-2H3. The van der Waals surface area contributed by atoms with Crippen LogP contribution in [0.25, 0.3) is 22.2 Å². The van der Waals surface area contributed by atoms with Crippen LogP contribution in [-0.4, -0.2) is 48.2 Å². The molecule has 0 radical (unpaired) electrons. The third-order valence-corrected chi connectivity index (χ3v) is 5.96. The summed E-state index contributed by atoms with van der Waals surface area (Å²) in [5, 5.41) is 5.46. The molecule has 4 rings (SSSR count). The monoisotopic (exact) mass is 408 g/mol. The van der Waals surface area contributed by atoms with Gasteiger partial charge in [-0.25, -0.2) is 4.98 Å². The fourth-order valence-electron chi connectivity index (χ4n) is 3.57. The molecule has 1 aliphatic rings. The average Bonchev–Trinajstić information content (AvgIpc) is 3.00. The van der Waals surface area contributed by atoms with Crippen molar-refractivity contribution >= 4 is 10.8 Å². The molecule has 0 spiro atoms. The maximum absolute atomic E-state index is 4.76. The largest absolute Gasteiger partial charge is 0.328 e. The highest BCUT2D eigenvalue weighted by Gasteiger charge is 2.18. The van der Waals surface area contributed by atoms with Crippen molar-refractivity contribution in [3.05, 3.63) is 53.9 Å². The van der Waals surface area contributed by atoms with Gasteiger partial charge in [-0.3, -0.25) is 0 Å². The molecule has 1 fully saturated rings. The Morgan fingerprint density at radius 1 is 1.03 bits per heavy atom. The Kier molecular flexibility index (Phi) is 9.54. The van der Waals surface area contributed by atoms with Crippen molar-refractivity contribution in [1.29, 1.82) is 0 Å². The van der Waals surface area contributed by atoms with Gasteiger partial charge in [0.2, 0.25) is 0 Å². The number of hydrogen-bond acceptors (Lipinski definition) is 3. The topological polar surface area (TPSA) is 33.1 Å². The molecular formula is C26H40N4. The molecule has 0 amide bonds. The highest BCUT2D eigenvalue weighted by molar-refractivity contribution is 5.95. The molecule has 1 heterocycles. The number of aromatic nitrogens is 2. The van der Waals surface area contributed by atoms with E-state index in [2.05, 4.69) is 99.0 Å². The molecule has 3 aromatic rings. The van der Waals surface area contributed by atoms with Crippen molar-refractivity contribution in [2.24, 2.45) is 0 Å². The molecule has 0 saturated heterocycles. The minimum atomic E-state index is 0.917. The lowest BCUT2D eigenvalue weighted by molar-refractivity contribution is 0.193. The van der Waals surface area contributed by atoms with E-state index in [0.29, 0.717) is 0 Å². The summed E-state index contributed by atoms with van der Waals surface area (Å²) in [7, 11) is 6.24. The molecule has 1 aliphatic carbocycles. The number of nitrogens with one attached hydrogen (secondary N) is 1. The number of rotatable bonds is 4. The quantitative estimate of drug-likeness (QED) is 0.604. The molecule has 1 saturated carbocycles. The molecule has 0 atom stereocenters. The van der Waals surface area contributed by atoms with Crippen LogP contribution in [0, 0.1) is 13.8 Å². The first-order valence-electron chi connectivity index (χ1n) is 11.3. The van der Waals surface area contributed by atoms with Crippen molar-refractivity contribution in [3.63, 3.8) is 0 Å². The first-order valence-corrected chi connectivity index (χ1v) is 11.3. The highest BCUT2D eigenvalue weighted by atomic mass is 15.1. The number of aryl methyl sites for hydroxylation is 1. The minimum Gasteiger partial charge on any atom is -0.328 e. The molecule has 164 valence electrons. The fraction of sp³-hybridized carbons (Fsp3) is 0.500. The molecule has 4 nitrogen and oxygen atoms in total. The van der Waals surface area contributed by atoms with E-state index in [0.717, 1.165) is 30.6 Å². The Morgan fingerprint density at radius 2 is 1.67 bits per heavy atom. The molecule has 30 heavy (non-hydrogen) atoms. The van der Waals surface area contributed by atoms with Gasteiger partial charge in [-0.2, -0.15) is 0 Å². The van der Waals surface area contributed by atoms with Gasteiger partial charge in [0.25, 0.3) is 0 Å². The summed E-state index contributed by atoms with van der Waals surface area (Å²) in [6.45, 7) is 10.5. The number of benzene rings is 2. The van der Waals surface area contributed by atoms with Crippen LogP contribution in [0.4, 0.5) is 0 Å². The van der Waals surface area contributed by atoms with Gasteiger partial charge >= 0.3 is 0 Å². The molecule has 2 aromatic carbocycles. The van der Waals surface area contributed by atoms with Gasteiger partial charge in [0, 0.05) is 23.8 Å². The van der Waals surface area contributed by atoms with Crippen LogP contribution in [-0.2, 0) is 6.54 Å². The van der Waals surface area contributed by atoms with Gasteiger partial charge in [0.15, 0.2) is 0 Å². The maximum atomic E-state index is 4.76. The van der Waals surface area contributed by atoms with E-state index in [4.69, 9.17) is 4.98 Å². The van der Waals surface area contributed by atoms with Gasteiger partial charge < -0.3 is 14.8 Å². The zero-order valence-corrected chi connectivity index (χ0v) is 20.0. The van der Waals surface area contributed by atoms with Crippen molar-refractivity contribution < 1.29 is 0 Å². The maximum Gasteiger partial charge on any atom is 0.141 e. The van der Waals surface area contributed by atoms with Gasteiger partial charge in [-0.1, -0.05) is 55.8 Å². The average molecular weight is 409 g/mol. The number of nitrogens with zero attached hydrogens (tertiary/aromatic N) is 3. The summed E-state index contributed by atoms with van der Waals surface area (Å²) in [5.74, 6) is 1.08. The van der Waals surface area contributed by atoms with Gasteiger partial charge in [-0.05, 0) is 72.1 Å². The van der Waals surface area contributed by atoms with E-state index >= 15 is 0 Å². The second-order valence-corrected chi connectivity index (χ2v) is 8.13. The minimum absolute atomic E-state index is 0.917. The Bertz CT molecular complexity index is 899. The molecule has 0 aliphatic heterocycles. The van der Waals surface area contributed by atoms with Crippen LogP contribution >= 0.6 is 0 Å². The van der Waals surface area contributed by atoms with E-state index in [1.165, 1.54) is 41.3 Å². The van der Waals surface area contributed by atoms with Gasteiger partial charge in [0.05, 0.1) is 5.69 Å². The number of fused-ring (bicyclic) bond motifs is 1. The molecule has 0 bridgehead atoms. The van der Waals surface area contributed by atoms with E-state index < -0.39 is 0 Å². The Morgan fingerprint density at radius 3 is 2.17 bits per heavy atom. The highest BCUT2D eigenvalue weighted by Crippen LogP contribution is 2.29. The zero-order chi connectivity index (χ0) is 22.1. The van der Waals surface area contributed by atoms with E-state index in [1.54, 1.807) is 0 Å². The lowest BCUT2D eigenvalue weighted by atomic mass is 9.92. The van der Waals surface area contributed by atoms with Crippen LogP contribution in [0.15, 0.2) is 42.5 Å². The van der Waals surface area contributed by atoms with Gasteiger partial charge in [-0.15, -0.1) is 0 Å². The Labute approximate surface area is 183 Å². The normalized spacial score (nSPS) is 13.3. The summed E-state index contributed by atoms with van der Waals surface area (Å²) in [6.07, 6.45) is 4.29. The second-order valence-electron chi connectivity index (χ2n) is 8.13. The van der Waals surface area contributed by atoms with Gasteiger partial charge in [0.1, 0.15) is 5.82 Å². The van der Waals surface area contributed by atoms with Crippen LogP contribution in [0.2, 0.25) is 0 Å². The molecule has 0 unspecified atom stereocenters. The third-order valence-electron chi connectivity index (χ3n) is 5.96. The Hall–Kier alpha value is -2.17. The lowest BCUT2D eigenvalue weighted by Crippen LogP contribution is -2.33. The summed E-state index contributed by atoms with van der Waals surface area (Å²) < 4.78 is 2.29. The SMILES string of the molecule is CCNC.CCn1c(-c2cccc3ccccc23)nc(C)c1C.CN(C)C1CCC1. The van der Waals surface area contributed by atoms with Crippen LogP contribution < -0.4 is 5.32 Å². The van der Waals surface area contributed by atoms with E-state index in [9.17, 15) is 0 Å². The third kappa shape index (κ3) is 5.93. The number of hydrogen-bond donors (Lipinski definition) is 1. The first kappa shape index (κ1) is 24.1. The summed E-state index contributed by atoms with van der Waals surface area (Å²) in [6, 6.07) is 15.8. The molecule has 1 aromatic heterocycles. The van der Waals surface area contributed by atoms with E-state index in [1.807, 2.05) is 7.05 Å². The zero-order valence-electron chi connectivity index (χ0n) is 20.0. The Balaban J connectivity index is 0.000000241. The predicted octanol–water partition coefficient (Wildman–Crippen LogP) is 5.67. The van der Waals surface area contributed by atoms with Crippen molar-refractivity contribution in [1.82, 2.24) is 19.8 Å². The van der Waals surface area contributed by atoms with Crippen molar-refractivity contribution in [3.8, 4) is 11.4 Å². The van der Waals surface area contributed by atoms with Crippen LogP contribution in [0.3, 0.4) is 0 Å². The number of imidazole rings is 1. The van der Waals surface area contributed by atoms with Crippen LogP contribution in [0.1, 0.15) is 44.5 Å². The molecule has 1 N–H and O–H groups in total. The smallest absolute Gasteiger partial charge is 0.141 e. The lowest BCUT2D eigenvalue weighted by Gasteiger charge is -2.31. The van der Waals surface area contributed by atoms with E-state index in [-0.39, 0.29) is 0 Å². The predicted molar refractivity (Wildman–Crippen MR) is 131 cm³/mol. The van der Waals surface area contributed by atoms with Crippen molar-refractivity contribution in [2.75, 3.05) is 27.7 Å². The summed E-state index contributed by atoms with van der Waals surface area (Å²) in [4.78, 5) is 7.07. The summed E-state index contributed by atoms with van der Waals surface area (Å²) >= 11 is 0. The molecular weight excluding hydrogens is 368 g/mol. The first-order chi connectivity index (χ1) is 14.4.